The molecule has 1 heterocycles. The fourth-order valence-corrected chi connectivity index (χ4v) is 5.05. The Balaban J connectivity index is 1.38. The van der Waals surface area contributed by atoms with E-state index in [2.05, 4.69) is 33.9 Å². The van der Waals surface area contributed by atoms with Gasteiger partial charge in [0.15, 0.2) is 6.19 Å². The Morgan fingerprint density at radius 3 is 2.55 bits per heavy atom. The van der Waals surface area contributed by atoms with Crippen molar-refractivity contribution in [1.29, 1.82) is 10.7 Å². The summed E-state index contributed by atoms with van der Waals surface area (Å²) in [5, 5.41) is 24.6. The maximum absolute atomic E-state index is 12.4. The first-order chi connectivity index (χ1) is 16.1. The second-order valence-corrected chi connectivity index (χ2v) is 9.06. The molecule has 7 heteroatoms. The molecule has 1 saturated carbocycles. The highest BCUT2D eigenvalue weighted by Crippen LogP contribution is 2.26. The van der Waals surface area contributed by atoms with Gasteiger partial charge in [-0.25, -0.2) is 4.90 Å². The molecular formula is C26H32N6O. The highest BCUT2D eigenvalue weighted by molar-refractivity contribution is 5.96. The fraction of sp³-hybridized carbons (Fsp3) is 0.423. The Bertz CT molecular complexity index is 973. The molecular weight excluding hydrogens is 412 g/mol. The quantitative estimate of drug-likeness (QED) is 0.275. The zero-order valence-electron chi connectivity index (χ0n) is 18.9. The average molecular weight is 445 g/mol. The molecule has 33 heavy (non-hydrogen) atoms. The zero-order valence-corrected chi connectivity index (χ0v) is 18.9. The molecule has 4 rings (SSSR count). The molecule has 2 aromatic carbocycles. The molecule has 172 valence electrons. The van der Waals surface area contributed by atoms with Crippen molar-refractivity contribution in [2.24, 2.45) is 5.92 Å². The van der Waals surface area contributed by atoms with Crippen molar-refractivity contribution in [3.05, 3.63) is 66.2 Å². The van der Waals surface area contributed by atoms with Gasteiger partial charge in [0.2, 0.25) is 11.9 Å². The number of rotatable bonds is 6. The fourth-order valence-electron chi connectivity index (χ4n) is 5.05. The number of nitriles is 1. The second-order valence-electron chi connectivity index (χ2n) is 9.06. The number of para-hydroxylation sites is 1. The number of amides is 1. The average Bonchev–Trinajstić information content (AvgIpc) is 2.82. The maximum Gasteiger partial charge on any atom is 0.234 e. The number of nitrogens with zero attached hydrogens (tertiary/aromatic N) is 3. The number of hydrogen-bond donors (Lipinski definition) is 3. The molecule has 2 aliphatic rings. The van der Waals surface area contributed by atoms with E-state index in [1.165, 1.54) is 10.5 Å². The summed E-state index contributed by atoms with van der Waals surface area (Å²) in [6.45, 7) is 2.07. The van der Waals surface area contributed by atoms with E-state index in [1.54, 1.807) is 0 Å². The van der Waals surface area contributed by atoms with Crippen LogP contribution in [0.5, 0.6) is 0 Å². The number of piperazine rings is 1. The van der Waals surface area contributed by atoms with E-state index in [0.29, 0.717) is 18.2 Å². The summed E-state index contributed by atoms with van der Waals surface area (Å²) in [6, 6.07) is 19.8. The highest BCUT2D eigenvalue weighted by atomic mass is 16.2. The number of carbonyl (C=O) groups is 1. The summed E-state index contributed by atoms with van der Waals surface area (Å²) < 4.78 is 0. The van der Waals surface area contributed by atoms with E-state index in [1.807, 2.05) is 48.5 Å². The lowest BCUT2D eigenvalue weighted by atomic mass is 9.84. The van der Waals surface area contributed by atoms with Crippen LogP contribution in [0, 0.1) is 22.8 Å². The SMILES string of the molecule is N#CN(C(=N)N[C@@H]1CCCC[C@H]1CN1CC(=O)NC(Cc2ccccc2)C1)c1ccccc1. The number of guanidine groups is 1. The third-order valence-electron chi connectivity index (χ3n) is 6.60. The number of carbonyl (C=O) groups excluding carboxylic acids is 1. The van der Waals surface area contributed by atoms with Crippen LogP contribution in [0.3, 0.4) is 0 Å². The highest BCUT2D eigenvalue weighted by Gasteiger charge is 2.32. The van der Waals surface area contributed by atoms with Crippen molar-refractivity contribution in [2.75, 3.05) is 24.5 Å². The third kappa shape index (κ3) is 6.11. The Labute approximate surface area is 195 Å². The minimum Gasteiger partial charge on any atom is -0.352 e. The molecule has 0 bridgehead atoms. The summed E-state index contributed by atoms with van der Waals surface area (Å²) in [5.74, 6) is 0.521. The Morgan fingerprint density at radius 1 is 1.12 bits per heavy atom. The smallest absolute Gasteiger partial charge is 0.234 e. The summed E-state index contributed by atoms with van der Waals surface area (Å²) in [4.78, 5) is 16.0. The van der Waals surface area contributed by atoms with E-state index < -0.39 is 0 Å². The van der Waals surface area contributed by atoms with Gasteiger partial charge in [-0.2, -0.15) is 5.26 Å². The number of hydrogen-bond acceptors (Lipinski definition) is 4. The van der Waals surface area contributed by atoms with Crippen LogP contribution in [-0.2, 0) is 11.2 Å². The topological polar surface area (TPSA) is 95.2 Å². The van der Waals surface area contributed by atoms with E-state index in [9.17, 15) is 10.1 Å². The maximum atomic E-state index is 12.4. The summed E-state index contributed by atoms with van der Waals surface area (Å²) >= 11 is 0. The van der Waals surface area contributed by atoms with Crippen LogP contribution < -0.4 is 15.5 Å². The molecule has 3 atom stereocenters. The summed E-state index contributed by atoms with van der Waals surface area (Å²) in [7, 11) is 0. The second kappa shape index (κ2) is 11.0. The van der Waals surface area contributed by atoms with Crippen LogP contribution in [0.2, 0.25) is 0 Å². The lowest BCUT2D eigenvalue weighted by Gasteiger charge is -2.39. The first-order valence-electron chi connectivity index (χ1n) is 11.8. The van der Waals surface area contributed by atoms with Crippen molar-refractivity contribution in [3.8, 4) is 6.19 Å². The van der Waals surface area contributed by atoms with Gasteiger partial charge in [0.05, 0.1) is 12.2 Å². The summed E-state index contributed by atoms with van der Waals surface area (Å²) in [5.41, 5.74) is 1.91. The van der Waals surface area contributed by atoms with Crippen molar-refractivity contribution >= 4 is 17.6 Å². The van der Waals surface area contributed by atoms with Crippen LogP contribution in [0.15, 0.2) is 60.7 Å². The molecule has 1 amide bonds. The number of anilines is 1. The molecule has 1 unspecified atom stereocenters. The van der Waals surface area contributed by atoms with Crippen LogP contribution in [0.4, 0.5) is 5.69 Å². The van der Waals surface area contributed by atoms with Gasteiger partial charge in [-0.3, -0.25) is 15.1 Å². The van der Waals surface area contributed by atoms with Crippen molar-refractivity contribution in [1.82, 2.24) is 15.5 Å². The molecule has 1 saturated heterocycles. The minimum absolute atomic E-state index is 0.0787. The van der Waals surface area contributed by atoms with Gasteiger partial charge >= 0.3 is 0 Å². The molecule has 0 radical (unpaired) electrons. The van der Waals surface area contributed by atoms with E-state index in [0.717, 1.165) is 45.2 Å². The van der Waals surface area contributed by atoms with Crippen molar-refractivity contribution in [3.63, 3.8) is 0 Å². The first kappa shape index (κ1) is 22.8. The predicted molar refractivity (Wildman–Crippen MR) is 130 cm³/mol. The monoisotopic (exact) mass is 444 g/mol. The standard InChI is InChI=1S/C26H32N6O/c27-19-32(23-12-5-2-6-13-23)26(28)30-24-14-8-7-11-21(24)16-31-17-22(29-25(33)18-31)15-20-9-3-1-4-10-20/h1-6,9-10,12-13,21-22,24H,7-8,11,14-18H2,(H2,28,30)(H,29,33)/t21-,22?,24+/m0/s1. The first-order valence-corrected chi connectivity index (χ1v) is 11.8. The zero-order chi connectivity index (χ0) is 23.0. The van der Waals surface area contributed by atoms with Crippen LogP contribution in [-0.4, -0.2) is 48.5 Å². The number of nitrogens with one attached hydrogen (secondary N) is 3. The van der Waals surface area contributed by atoms with Crippen LogP contribution in [0.1, 0.15) is 31.2 Å². The molecule has 7 nitrogen and oxygen atoms in total. The van der Waals surface area contributed by atoms with Gasteiger partial charge in [-0.1, -0.05) is 61.4 Å². The minimum atomic E-state index is 0.0787. The van der Waals surface area contributed by atoms with Crippen LogP contribution >= 0.6 is 0 Å². The third-order valence-corrected chi connectivity index (χ3v) is 6.60. The molecule has 3 N–H and O–H groups in total. The van der Waals surface area contributed by atoms with Gasteiger partial charge in [0.25, 0.3) is 0 Å². The van der Waals surface area contributed by atoms with Gasteiger partial charge in [0, 0.05) is 25.2 Å². The molecule has 0 aromatic heterocycles. The predicted octanol–water partition coefficient (Wildman–Crippen LogP) is 3.10. The van der Waals surface area contributed by atoms with Gasteiger partial charge < -0.3 is 10.6 Å². The number of benzene rings is 2. The lowest BCUT2D eigenvalue weighted by Crippen LogP contribution is -2.57. The normalized spacial score (nSPS) is 23.2. The van der Waals surface area contributed by atoms with Crippen molar-refractivity contribution < 1.29 is 4.79 Å². The Kier molecular flexibility index (Phi) is 7.59. The Morgan fingerprint density at radius 2 is 1.82 bits per heavy atom. The molecule has 1 aliphatic carbocycles. The summed E-state index contributed by atoms with van der Waals surface area (Å²) in [6.07, 6.45) is 7.24. The van der Waals surface area contributed by atoms with E-state index >= 15 is 0 Å². The molecule has 1 aliphatic heterocycles. The molecule has 0 spiro atoms. The van der Waals surface area contributed by atoms with Gasteiger partial charge in [0.1, 0.15) is 0 Å². The van der Waals surface area contributed by atoms with E-state index in [4.69, 9.17) is 5.41 Å². The molecule has 2 aromatic rings. The van der Waals surface area contributed by atoms with E-state index in [-0.39, 0.29) is 24.0 Å². The van der Waals surface area contributed by atoms with Gasteiger partial charge in [-0.05, 0) is 42.9 Å². The Hall–Kier alpha value is -3.37. The molecule has 2 fully saturated rings. The van der Waals surface area contributed by atoms with Crippen molar-refractivity contribution in [2.45, 2.75) is 44.2 Å². The largest absolute Gasteiger partial charge is 0.352 e. The lowest BCUT2D eigenvalue weighted by molar-refractivity contribution is -0.125. The van der Waals surface area contributed by atoms with Gasteiger partial charge in [-0.15, -0.1) is 0 Å². The van der Waals surface area contributed by atoms with Crippen LogP contribution in [0.25, 0.3) is 0 Å².